The minimum Gasteiger partial charge on any atom is -0.355 e. The van der Waals surface area contributed by atoms with E-state index in [0.29, 0.717) is 19.0 Å². The molecule has 1 aliphatic carbocycles. The van der Waals surface area contributed by atoms with Gasteiger partial charge in [-0.15, -0.1) is 0 Å². The van der Waals surface area contributed by atoms with E-state index in [0.717, 1.165) is 6.54 Å². The van der Waals surface area contributed by atoms with Gasteiger partial charge in [-0.05, 0) is 18.8 Å². The summed E-state index contributed by atoms with van der Waals surface area (Å²) in [7, 11) is 0. The molecule has 0 spiro atoms. The van der Waals surface area contributed by atoms with Crippen molar-refractivity contribution >= 4 is 11.8 Å². The van der Waals surface area contributed by atoms with Crippen LogP contribution < -0.4 is 5.32 Å². The molecule has 0 bridgehead atoms. The molecule has 96 valence electrons. The molecule has 1 heterocycles. The average molecular weight is 238 g/mol. The van der Waals surface area contributed by atoms with Crippen LogP contribution in [0.3, 0.4) is 0 Å². The minimum absolute atomic E-state index is 0.0301. The molecule has 1 aliphatic heterocycles. The van der Waals surface area contributed by atoms with Crippen molar-refractivity contribution in [2.75, 3.05) is 19.6 Å². The molecule has 2 rings (SSSR count). The van der Waals surface area contributed by atoms with Crippen LogP contribution in [0.1, 0.15) is 39.0 Å². The van der Waals surface area contributed by atoms with Crippen molar-refractivity contribution in [1.29, 1.82) is 0 Å². The zero-order valence-electron chi connectivity index (χ0n) is 10.6. The van der Waals surface area contributed by atoms with E-state index >= 15 is 0 Å². The Balaban J connectivity index is 1.63. The highest BCUT2D eigenvalue weighted by Gasteiger charge is 2.34. The van der Waals surface area contributed by atoms with Crippen molar-refractivity contribution in [1.82, 2.24) is 10.2 Å². The summed E-state index contributed by atoms with van der Waals surface area (Å²) in [5.41, 5.74) is 0. The number of rotatable bonds is 3. The molecule has 2 amide bonds. The number of nitrogens with one attached hydrogen (secondary N) is 1. The van der Waals surface area contributed by atoms with E-state index in [2.05, 4.69) is 5.32 Å². The van der Waals surface area contributed by atoms with Crippen LogP contribution in [-0.2, 0) is 9.59 Å². The fraction of sp³-hybridized carbons (Fsp3) is 0.846. The first-order chi connectivity index (χ1) is 8.16. The zero-order valence-corrected chi connectivity index (χ0v) is 10.6. The number of carbonyl (C=O) groups excluding carboxylic acids is 2. The zero-order chi connectivity index (χ0) is 12.3. The van der Waals surface area contributed by atoms with Gasteiger partial charge in [-0.2, -0.15) is 0 Å². The summed E-state index contributed by atoms with van der Waals surface area (Å²) in [6.07, 6.45) is 6.47. The van der Waals surface area contributed by atoms with Crippen LogP contribution in [0.5, 0.6) is 0 Å². The molecule has 0 atom stereocenters. The maximum Gasteiger partial charge on any atom is 0.226 e. The Hall–Kier alpha value is -1.06. The molecule has 4 nitrogen and oxygen atoms in total. The third-order valence-corrected chi connectivity index (χ3v) is 3.99. The summed E-state index contributed by atoms with van der Waals surface area (Å²) in [4.78, 5) is 24.5. The quantitative estimate of drug-likeness (QED) is 0.802. The van der Waals surface area contributed by atoms with Gasteiger partial charge in [0.15, 0.2) is 0 Å². The van der Waals surface area contributed by atoms with Gasteiger partial charge in [0.25, 0.3) is 0 Å². The number of nitrogens with zero attached hydrogens (tertiary/aromatic N) is 1. The predicted octanol–water partition coefficient (Wildman–Crippen LogP) is 1.16. The number of hydrogen-bond donors (Lipinski definition) is 1. The third kappa shape index (κ3) is 3.20. The van der Waals surface area contributed by atoms with Crippen LogP contribution >= 0.6 is 0 Å². The van der Waals surface area contributed by atoms with Crippen molar-refractivity contribution in [3.05, 3.63) is 0 Å². The number of hydrogen-bond acceptors (Lipinski definition) is 2. The van der Waals surface area contributed by atoms with E-state index in [1.54, 1.807) is 11.8 Å². The van der Waals surface area contributed by atoms with Gasteiger partial charge in [0.2, 0.25) is 11.8 Å². The van der Waals surface area contributed by atoms with Crippen LogP contribution in [0.2, 0.25) is 0 Å². The van der Waals surface area contributed by atoms with Crippen LogP contribution in [-0.4, -0.2) is 36.3 Å². The maximum atomic E-state index is 11.8. The number of amides is 2. The molecule has 1 saturated heterocycles. The SMILES string of the molecule is CC(=O)N1CC(C(=O)NCC2CCCCC2)C1. The molecule has 4 heteroatoms. The van der Waals surface area contributed by atoms with Crippen molar-refractivity contribution in [3.8, 4) is 0 Å². The predicted molar refractivity (Wildman–Crippen MR) is 65.3 cm³/mol. The second-order valence-electron chi connectivity index (χ2n) is 5.37. The molecule has 17 heavy (non-hydrogen) atoms. The van der Waals surface area contributed by atoms with Gasteiger partial charge in [-0.1, -0.05) is 19.3 Å². The number of carbonyl (C=O) groups is 2. The Morgan fingerprint density at radius 1 is 1.18 bits per heavy atom. The molecular weight excluding hydrogens is 216 g/mol. The molecule has 0 radical (unpaired) electrons. The summed E-state index contributed by atoms with van der Waals surface area (Å²) in [6.45, 7) is 3.59. The van der Waals surface area contributed by atoms with Gasteiger partial charge in [0, 0.05) is 26.6 Å². The summed E-state index contributed by atoms with van der Waals surface area (Å²) >= 11 is 0. The molecule has 0 aromatic rings. The molecule has 2 fully saturated rings. The standard InChI is InChI=1S/C13H22N2O2/c1-10(16)15-8-12(9-15)13(17)14-7-11-5-3-2-4-6-11/h11-12H,2-9H2,1H3,(H,14,17). The first-order valence-corrected chi connectivity index (χ1v) is 6.70. The summed E-state index contributed by atoms with van der Waals surface area (Å²) in [6, 6.07) is 0. The van der Waals surface area contributed by atoms with Gasteiger partial charge >= 0.3 is 0 Å². The van der Waals surface area contributed by atoms with Crippen molar-refractivity contribution < 1.29 is 9.59 Å². The fourth-order valence-corrected chi connectivity index (χ4v) is 2.68. The highest BCUT2D eigenvalue weighted by atomic mass is 16.2. The van der Waals surface area contributed by atoms with Crippen molar-refractivity contribution in [3.63, 3.8) is 0 Å². The summed E-state index contributed by atoms with van der Waals surface area (Å²) in [5.74, 6) is 0.911. The molecule has 0 unspecified atom stereocenters. The Morgan fingerprint density at radius 3 is 2.41 bits per heavy atom. The monoisotopic (exact) mass is 238 g/mol. The summed E-state index contributed by atoms with van der Waals surface area (Å²) < 4.78 is 0. The highest BCUT2D eigenvalue weighted by molar-refractivity contribution is 5.83. The average Bonchev–Trinajstić information content (AvgIpc) is 2.25. The molecule has 1 N–H and O–H groups in total. The van der Waals surface area contributed by atoms with Gasteiger partial charge < -0.3 is 10.2 Å². The topological polar surface area (TPSA) is 49.4 Å². The van der Waals surface area contributed by atoms with Crippen LogP contribution in [0.15, 0.2) is 0 Å². The van der Waals surface area contributed by atoms with Gasteiger partial charge in [-0.3, -0.25) is 9.59 Å². The second kappa shape index (κ2) is 5.52. The third-order valence-electron chi connectivity index (χ3n) is 3.99. The normalized spacial score (nSPS) is 22.1. The highest BCUT2D eigenvalue weighted by Crippen LogP contribution is 2.23. The van der Waals surface area contributed by atoms with E-state index < -0.39 is 0 Å². The van der Waals surface area contributed by atoms with E-state index in [1.165, 1.54) is 32.1 Å². The summed E-state index contributed by atoms with van der Waals surface area (Å²) in [5, 5.41) is 3.04. The lowest BCUT2D eigenvalue weighted by Gasteiger charge is -2.37. The van der Waals surface area contributed by atoms with Crippen LogP contribution in [0, 0.1) is 11.8 Å². The fourth-order valence-electron chi connectivity index (χ4n) is 2.68. The molecule has 2 aliphatic rings. The van der Waals surface area contributed by atoms with E-state index in [1.807, 2.05) is 0 Å². The van der Waals surface area contributed by atoms with E-state index in [4.69, 9.17) is 0 Å². The maximum absolute atomic E-state index is 11.8. The van der Waals surface area contributed by atoms with Gasteiger partial charge in [0.05, 0.1) is 5.92 Å². The molecule has 0 aromatic heterocycles. The Bertz CT molecular complexity index is 292. The lowest BCUT2D eigenvalue weighted by Crippen LogP contribution is -2.55. The second-order valence-corrected chi connectivity index (χ2v) is 5.37. The van der Waals surface area contributed by atoms with Crippen molar-refractivity contribution in [2.24, 2.45) is 11.8 Å². The van der Waals surface area contributed by atoms with Gasteiger partial charge in [0.1, 0.15) is 0 Å². The minimum atomic E-state index is 0.0301. The number of likely N-dealkylation sites (tertiary alicyclic amines) is 1. The van der Waals surface area contributed by atoms with E-state index in [-0.39, 0.29) is 17.7 Å². The Labute approximate surface area is 103 Å². The largest absolute Gasteiger partial charge is 0.355 e. The Morgan fingerprint density at radius 2 is 1.82 bits per heavy atom. The first-order valence-electron chi connectivity index (χ1n) is 6.70. The molecule has 0 aromatic carbocycles. The van der Waals surface area contributed by atoms with Crippen LogP contribution in [0.25, 0.3) is 0 Å². The smallest absolute Gasteiger partial charge is 0.226 e. The lowest BCUT2D eigenvalue weighted by atomic mass is 9.89. The molecular formula is C13H22N2O2. The first kappa shape index (κ1) is 12.4. The Kier molecular flexibility index (Phi) is 4.02. The molecule has 1 saturated carbocycles. The lowest BCUT2D eigenvalue weighted by molar-refractivity contribution is -0.141. The van der Waals surface area contributed by atoms with Gasteiger partial charge in [-0.25, -0.2) is 0 Å². The van der Waals surface area contributed by atoms with Crippen LogP contribution in [0.4, 0.5) is 0 Å². The van der Waals surface area contributed by atoms with E-state index in [9.17, 15) is 9.59 Å². The van der Waals surface area contributed by atoms with Crippen molar-refractivity contribution in [2.45, 2.75) is 39.0 Å².